The maximum Gasteiger partial charge on any atom is 0.254 e. The first-order valence-electron chi connectivity index (χ1n) is 8.46. The van der Waals surface area contributed by atoms with E-state index in [0.717, 1.165) is 18.5 Å². The smallest absolute Gasteiger partial charge is 0.254 e. The number of likely N-dealkylation sites (tertiary alicyclic amines) is 1. The lowest BCUT2D eigenvalue weighted by atomic mass is 10.1. The first-order valence-corrected chi connectivity index (χ1v) is 8.46. The second-order valence-electron chi connectivity index (χ2n) is 6.73. The van der Waals surface area contributed by atoms with Crippen molar-refractivity contribution < 1.29 is 13.9 Å². The molecule has 1 aromatic heterocycles. The molecular weight excluding hydrogens is 323 g/mol. The molecule has 1 amide bonds. The molecule has 0 unspecified atom stereocenters. The summed E-state index contributed by atoms with van der Waals surface area (Å²) in [6, 6.07) is 9.39. The van der Waals surface area contributed by atoms with Crippen LogP contribution in [0.2, 0.25) is 0 Å². The minimum atomic E-state index is -0.425. The van der Waals surface area contributed by atoms with E-state index in [2.05, 4.69) is 0 Å². The van der Waals surface area contributed by atoms with Gasteiger partial charge in [0.25, 0.3) is 11.5 Å². The van der Waals surface area contributed by atoms with Crippen LogP contribution in [0.3, 0.4) is 0 Å². The van der Waals surface area contributed by atoms with E-state index in [4.69, 9.17) is 4.74 Å². The van der Waals surface area contributed by atoms with E-state index in [1.165, 1.54) is 24.3 Å². The Balaban J connectivity index is 1.38. The van der Waals surface area contributed by atoms with Gasteiger partial charge < -0.3 is 14.2 Å². The number of hydrogen-bond acceptors (Lipinski definition) is 3. The standard InChI is InChI=1S/C19H19FN2O3/c1-12-7-16(9-18(23)22(12)15-5-6-15)25-17-10-21(11-17)19(24)13-3-2-4-14(20)8-13/h2-4,7-9,15,17H,5-6,10-11H2,1H3. The molecule has 1 saturated heterocycles. The Morgan fingerprint density at radius 1 is 1.20 bits per heavy atom. The molecule has 2 heterocycles. The lowest BCUT2D eigenvalue weighted by Crippen LogP contribution is -2.56. The number of aryl methyl sites for hydroxylation is 1. The van der Waals surface area contributed by atoms with Gasteiger partial charge in [-0.2, -0.15) is 0 Å². The molecule has 0 N–H and O–H groups in total. The van der Waals surface area contributed by atoms with Gasteiger partial charge in [-0.1, -0.05) is 6.07 Å². The number of amides is 1. The highest BCUT2D eigenvalue weighted by Gasteiger charge is 2.33. The largest absolute Gasteiger partial charge is 0.486 e. The highest BCUT2D eigenvalue weighted by Crippen LogP contribution is 2.35. The number of aromatic nitrogens is 1. The molecular formula is C19H19FN2O3. The Kier molecular flexibility index (Phi) is 3.82. The number of nitrogens with zero attached hydrogens (tertiary/aromatic N) is 2. The number of carbonyl (C=O) groups is 1. The fraction of sp³-hybridized carbons (Fsp3) is 0.368. The van der Waals surface area contributed by atoms with Crippen molar-refractivity contribution in [2.24, 2.45) is 0 Å². The van der Waals surface area contributed by atoms with E-state index in [0.29, 0.717) is 30.4 Å². The maximum atomic E-state index is 13.2. The van der Waals surface area contributed by atoms with Crippen molar-refractivity contribution in [2.75, 3.05) is 13.1 Å². The first-order chi connectivity index (χ1) is 12.0. The summed E-state index contributed by atoms with van der Waals surface area (Å²) in [6.07, 6.45) is 1.97. The minimum Gasteiger partial charge on any atom is -0.486 e. The summed E-state index contributed by atoms with van der Waals surface area (Å²) >= 11 is 0. The molecule has 5 nitrogen and oxygen atoms in total. The van der Waals surface area contributed by atoms with Crippen LogP contribution < -0.4 is 10.3 Å². The van der Waals surface area contributed by atoms with E-state index in [1.807, 2.05) is 17.6 Å². The fourth-order valence-corrected chi connectivity index (χ4v) is 3.23. The van der Waals surface area contributed by atoms with E-state index in [9.17, 15) is 14.0 Å². The lowest BCUT2D eigenvalue weighted by Gasteiger charge is -2.39. The number of hydrogen-bond donors (Lipinski definition) is 0. The maximum absolute atomic E-state index is 13.2. The molecule has 4 rings (SSSR count). The summed E-state index contributed by atoms with van der Waals surface area (Å²) < 4.78 is 20.9. The molecule has 0 bridgehead atoms. The fourth-order valence-electron chi connectivity index (χ4n) is 3.23. The van der Waals surface area contributed by atoms with Crippen LogP contribution in [0.15, 0.2) is 41.2 Å². The van der Waals surface area contributed by atoms with Gasteiger partial charge in [0.15, 0.2) is 0 Å². The van der Waals surface area contributed by atoms with E-state index < -0.39 is 5.82 Å². The zero-order chi connectivity index (χ0) is 17.6. The van der Waals surface area contributed by atoms with Crippen LogP contribution in [0.4, 0.5) is 4.39 Å². The van der Waals surface area contributed by atoms with Crippen LogP contribution in [-0.2, 0) is 0 Å². The van der Waals surface area contributed by atoms with Crippen molar-refractivity contribution in [3.63, 3.8) is 0 Å². The highest BCUT2D eigenvalue weighted by molar-refractivity contribution is 5.94. The Bertz CT molecular complexity index is 882. The number of pyridine rings is 1. The average Bonchev–Trinajstić information content (AvgIpc) is 3.34. The Hall–Kier alpha value is -2.63. The summed E-state index contributed by atoms with van der Waals surface area (Å²) in [5, 5.41) is 0. The van der Waals surface area contributed by atoms with Crippen molar-refractivity contribution in [3.8, 4) is 5.75 Å². The van der Waals surface area contributed by atoms with Crippen molar-refractivity contribution in [2.45, 2.75) is 31.9 Å². The van der Waals surface area contributed by atoms with E-state index in [1.54, 1.807) is 11.0 Å². The van der Waals surface area contributed by atoms with Crippen molar-refractivity contribution in [1.82, 2.24) is 9.47 Å². The third kappa shape index (κ3) is 3.16. The highest BCUT2D eigenvalue weighted by atomic mass is 19.1. The molecule has 2 aromatic rings. The van der Waals surface area contributed by atoms with Crippen LogP contribution in [-0.4, -0.2) is 34.6 Å². The van der Waals surface area contributed by atoms with Gasteiger partial charge in [-0.15, -0.1) is 0 Å². The van der Waals surface area contributed by atoms with Crippen LogP contribution in [0.5, 0.6) is 5.75 Å². The summed E-state index contributed by atoms with van der Waals surface area (Å²) in [5.41, 5.74) is 1.20. The SMILES string of the molecule is Cc1cc(OC2CN(C(=O)c3cccc(F)c3)C2)cc(=O)n1C1CC1. The predicted molar refractivity (Wildman–Crippen MR) is 90.4 cm³/mol. The molecule has 1 aliphatic carbocycles. The Labute approximate surface area is 144 Å². The van der Waals surface area contributed by atoms with Gasteiger partial charge in [-0.05, 0) is 44.0 Å². The quantitative estimate of drug-likeness (QED) is 0.858. The van der Waals surface area contributed by atoms with Crippen LogP contribution in [0.25, 0.3) is 0 Å². The summed E-state index contributed by atoms with van der Waals surface area (Å²) in [4.78, 5) is 26.1. The molecule has 2 fully saturated rings. The van der Waals surface area contributed by atoms with Crippen molar-refractivity contribution >= 4 is 5.91 Å². The van der Waals surface area contributed by atoms with Crippen LogP contribution in [0, 0.1) is 12.7 Å². The molecule has 25 heavy (non-hydrogen) atoms. The predicted octanol–water partition coefficient (Wildman–Crippen LogP) is 2.53. The number of carbonyl (C=O) groups excluding carboxylic acids is 1. The zero-order valence-corrected chi connectivity index (χ0v) is 13.9. The number of ether oxygens (including phenoxy) is 1. The molecule has 1 aromatic carbocycles. The summed E-state index contributed by atoms with van der Waals surface area (Å²) in [5.74, 6) is -0.0900. The van der Waals surface area contributed by atoms with Gasteiger partial charge in [-0.25, -0.2) is 4.39 Å². The summed E-state index contributed by atoms with van der Waals surface area (Å²) in [7, 11) is 0. The zero-order valence-electron chi connectivity index (χ0n) is 13.9. The molecule has 0 atom stereocenters. The third-order valence-corrected chi connectivity index (χ3v) is 4.66. The molecule has 1 saturated carbocycles. The lowest BCUT2D eigenvalue weighted by molar-refractivity contribution is 0.0176. The second kappa shape index (κ2) is 6.02. The van der Waals surface area contributed by atoms with Gasteiger partial charge in [0.1, 0.15) is 17.7 Å². The number of rotatable bonds is 4. The van der Waals surface area contributed by atoms with Crippen molar-refractivity contribution in [1.29, 1.82) is 0 Å². The average molecular weight is 342 g/mol. The van der Waals surface area contributed by atoms with E-state index >= 15 is 0 Å². The first kappa shape index (κ1) is 15.9. The minimum absolute atomic E-state index is 0.0375. The van der Waals surface area contributed by atoms with Gasteiger partial charge in [0.05, 0.1) is 13.1 Å². The van der Waals surface area contributed by atoms with Gasteiger partial charge in [0, 0.05) is 23.4 Å². The Morgan fingerprint density at radius 2 is 1.96 bits per heavy atom. The van der Waals surface area contributed by atoms with Gasteiger partial charge in [0.2, 0.25) is 0 Å². The number of benzene rings is 1. The van der Waals surface area contributed by atoms with E-state index in [-0.39, 0.29) is 17.6 Å². The van der Waals surface area contributed by atoms with Gasteiger partial charge >= 0.3 is 0 Å². The van der Waals surface area contributed by atoms with Gasteiger partial charge in [-0.3, -0.25) is 9.59 Å². The second-order valence-corrected chi connectivity index (χ2v) is 6.73. The third-order valence-electron chi connectivity index (χ3n) is 4.66. The molecule has 6 heteroatoms. The molecule has 1 aliphatic heterocycles. The topological polar surface area (TPSA) is 51.5 Å². The van der Waals surface area contributed by atoms with Crippen LogP contribution in [0.1, 0.15) is 34.9 Å². The molecule has 2 aliphatic rings. The Morgan fingerprint density at radius 3 is 2.60 bits per heavy atom. The monoisotopic (exact) mass is 342 g/mol. The summed E-state index contributed by atoms with van der Waals surface area (Å²) in [6.45, 7) is 2.77. The normalized spacial score (nSPS) is 17.3. The molecule has 130 valence electrons. The van der Waals surface area contributed by atoms with Crippen molar-refractivity contribution in [3.05, 3.63) is 63.8 Å². The number of halogens is 1. The molecule has 0 radical (unpaired) electrons. The van der Waals surface area contributed by atoms with Crippen LogP contribution >= 0.6 is 0 Å². The molecule has 0 spiro atoms.